The van der Waals surface area contributed by atoms with E-state index < -0.39 is 0 Å². The Morgan fingerprint density at radius 2 is 2.00 bits per heavy atom. The summed E-state index contributed by atoms with van der Waals surface area (Å²) in [4.78, 5) is 15.4. The summed E-state index contributed by atoms with van der Waals surface area (Å²) >= 11 is 1.68. The number of thioether (sulfide) groups is 1. The summed E-state index contributed by atoms with van der Waals surface area (Å²) in [5, 5.41) is 0.765. The van der Waals surface area contributed by atoms with E-state index in [0.717, 1.165) is 29.9 Å². The molecule has 1 aromatic heterocycles. The fourth-order valence-electron chi connectivity index (χ4n) is 2.05. The zero-order valence-electron chi connectivity index (χ0n) is 11.4. The van der Waals surface area contributed by atoms with Crippen molar-refractivity contribution in [1.82, 2.24) is 15.0 Å². The maximum absolute atomic E-state index is 5.43. The van der Waals surface area contributed by atoms with Gasteiger partial charge in [-0.3, -0.25) is 5.43 Å². The normalized spacial score (nSPS) is 14.9. The lowest BCUT2D eigenvalue weighted by molar-refractivity contribution is 0.775. The summed E-state index contributed by atoms with van der Waals surface area (Å²) in [5.74, 6) is 7.68. The fraction of sp³-hybridized carbons (Fsp3) is 0.750. The molecule has 0 unspecified atom stereocenters. The van der Waals surface area contributed by atoms with Gasteiger partial charge in [-0.05, 0) is 19.3 Å². The van der Waals surface area contributed by atoms with E-state index in [2.05, 4.69) is 32.2 Å². The number of hydrogen-bond donors (Lipinski definition) is 2. The van der Waals surface area contributed by atoms with E-state index in [-0.39, 0.29) is 0 Å². The minimum absolute atomic E-state index is 0.454. The van der Waals surface area contributed by atoms with E-state index in [4.69, 9.17) is 5.84 Å². The molecule has 0 radical (unpaired) electrons. The number of hydrazine groups is 1. The highest BCUT2D eigenvalue weighted by molar-refractivity contribution is 7.99. The molecule has 1 saturated heterocycles. The Morgan fingerprint density at radius 1 is 1.21 bits per heavy atom. The van der Waals surface area contributed by atoms with Crippen molar-refractivity contribution in [3.63, 3.8) is 0 Å². The molecule has 1 aliphatic rings. The van der Waals surface area contributed by atoms with Crippen molar-refractivity contribution in [2.45, 2.75) is 44.2 Å². The average Bonchev–Trinajstić information content (AvgIpc) is 2.97. The molecule has 0 saturated carbocycles. The highest BCUT2D eigenvalue weighted by atomic mass is 32.2. The van der Waals surface area contributed by atoms with Crippen molar-refractivity contribution in [3.8, 4) is 0 Å². The molecule has 0 bridgehead atoms. The van der Waals surface area contributed by atoms with Gasteiger partial charge in [0, 0.05) is 18.8 Å². The van der Waals surface area contributed by atoms with E-state index >= 15 is 0 Å². The molecular weight excluding hydrogens is 260 g/mol. The third kappa shape index (κ3) is 4.21. The third-order valence-electron chi connectivity index (χ3n) is 3.10. The van der Waals surface area contributed by atoms with Gasteiger partial charge in [0.05, 0.1) is 0 Å². The van der Waals surface area contributed by atoms with Crippen LogP contribution >= 0.6 is 11.8 Å². The van der Waals surface area contributed by atoms with E-state index in [1.165, 1.54) is 32.1 Å². The third-order valence-corrected chi connectivity index (χ3v) is 4.03. The summed E-state index contributed by atoms with van der Waals surface area (Å²) in [7, 11) is 0. The van der Waals surface area contributed by atoms with Crippen molar-refractivity contribution in [3.05, 3.63) is 0 Å². The monoisotopic (exact) mass is 282 g/mol. The lowest BCUT2D eigenvalue weighted by Crippen LogP contribution is -2.22. The highest BCUT2D eigenvalue weighted by Gasteiger charge is 2.17. The van der Waals surface area contributed by atoms with Gasteiger partial charge in [0.25, 0.3) is 0 Å². The van der Waals surface area contributed by atoms with Crippen molar-refractivity contribution in [2.24, 2.45) is 5.84 Å². The maximum Gasteiger partial charge on any atom is 0.242 e. The van der Waals surface area contributed by atoms with Gasteiger partial charge in [0.15, 0.2) is 5.16 Å². The summed E-state index contributed by atoms with van der Waals surface area (Å²) in [6.07, 6.45) is 6.08. The van der Waals surface area contributed by atoms with Crippen LogP contribution in [0.15, 0.2) is 5.16 Å². The number of nitrogens with zero attached hydrogens (tertiary/aromatic N) is 4. The quantitative estimate of drug-likeness (QED) is 0.343. The smallest absolute Gasteiger partial charge is 0.242 e. The van der Waals surface area contributed by atoms with Crippen LogP contribution < -0.4 is 16.2 Å². The predicted molar refractivity (Wildman–Crippen MR) is 79.3 cm³/mol. The molecule has 1 aliphatic heterocycles. The van der Waals surface area contributed by atoms with Gasteiger partial charge in [0.2, 0.25) is 11.9 Å². The first kappa shape index (κ1) is 14.3. The predicted octanol–water partition coefficient (Wildman–Crippen LogP) is 2.04. The standard InChI is InChI=1S/C12H22N6S/c1-2-3-6-9-19-12-15-10(17-13)14-11(16-12)18-7-4-5-8-18/h2-9,13H2,1H3,(H,14,15,16,17). The zero-order valence-corrected chi connectivity index (χ0v) is 12.2. The first-order valence-corrected chi connectivity index (χ1v) is 7.92. The fourth-order valence-corrected chi connectivity index (χ4v) is 2.88. The largest absolute Gasteiger partial charge is 0.341 e. The number of aromatic nitrogens is 3. The molecule has 3 N–H and O–H groups in total. The molecule has 0 aliphatic carbocycles. The zero-order chi connectivity index (χ0) is 13.5. The average molecular weight is 282 g/mol. The molecule has 1 aromatic rings. The van der Waals surface area contributed by atoms with Gasteiger partial charge in [0.1, 0.15) is 0 Å². The topological polar surface area (TPSA) is 80.0 Å². The van der Waals surface area contributed by atoms with Crippen LogP contribution in [0.25, 0.3) is 0 Å². The Balaban J connectivity index is 2.02. The Labute approximate surface area is 118 Å². The molecule has 19 heavy (non-hydrogen) atoms. The molecular formula is C12H22N6S. The van der Waals surface area contributed by atoms with Crippen molar-refractivity contribution < 1.29 is 0 Å². The van der Waals surface area contributed by atoms with Crippen molar-refractivity contribution in [1.29, 1.82) is 0 Å². The summed E-state index contributed by atoms with van der Waals surface area (Å²) in [5.41, 5.74) is 2.53. The second-order valence-electron chi connectivity index (χ2n) is 4.64. The van der Waals surface area contributed by atoms with Crippen LogP contribution in [-0.4, -0.2) is 33.8 Å². The van der Waals surface area contributed by atoms with Crippen LogP contribution in [0.3, 0.4) is 0 Å². The van der Waals surface area contributed by atoms with Crippen LogP contribution in [0.4, 0.5) is 11.9 Å². The maximum atomic E-state index is 5.43. The molecule has 2 rings (SSSR count). The molecule has 0 aromatic carbocycles. The first-order valence-electron chi connectivity index (χ1n) is 6.94. The van der Waals surface area contributed by atoms with Crippen LogP contribution in [0.2, 0.25) is 0 Å². The van der Waals surface area contributed by atoms with Gasteiger partial charge in [-0.25, -0.2) is 5.84 Å². The molecule has 7 heteroatoms. The number of hydrogen-bond acceptors (Lipinski definition) is 7. The Morgan fingerprint density at radius 3 is 2.68 bits per heavy atom. The van der Waals surface area contributed by atoms with Crippen LogP contribution in [-0.2, 0) is 0 Å². The molecule has 0 atom stereocenters. The second-order valence-corrected chi connectivity index (χ2v) is 5.70. The Hall–Kier alpha value is -1.08. The van der Waals surface area contributed by atoms with Crippen molar-refractivity contribution >= 4 is 23.7 Å². The first-order chi connectivity index (χ1) is 9.33. The van der Waals surface area contributed by atoms with Crippen LogP contribution in [0, 0.1) is 0 Å². The van der Waals surface area contributed by atoms with E-state index in [0.29, 0.717) is 5.95 Å². The number of nitrogen functional groups attached to an aromatic ring is 1. The highest BCUT2D eigenvalue weighted by Crippen LogP contribution is 2.22. The Kier molecular flexibility index (Phi) is 5.65. The summed E-state index contributed by atoms with van der Waals surface area (Å²) in [6, 6.07) is 0. The molecule has 0 spiro atoms. The number of nitrogens with one attached hydrogen (secondary N) is 1. The van der Waals surface area contributed by atoms with Gasteiger partial charge >= 0.3 is 0 Å². The lowest BCUT2D eigenvalue weighted by Gasteiger charge is -2.16. The van der Waals surface area contributed by atoms with E-state index in [9.17, 15) is 0 Å². The molecule has 2 heterocycles. The summed E-state index contributed by atoms with van der Waals surface area (Å²) < 4.78 is 0. The van der Waals surface area contributed by atoms with Gasteiger partial charge < -0.3 is 4.90 Å². The van der Waals surface area contributed by atoms with E-state index in [1.54, 1.807) is 11.8 Å². The number of anilines is 2. The second kappa shape index (κ2) is 7.49. The SMILES string of the molecule is CCCCCSc1nc(NN)nc(N2CCCC2)n1. The number of nitrogens with two attached hydrogens (primary N) is 1. The van der Waals surface area contributed by atoms with Crippen LogP contribution in [0.1, 0.15) is 39.0 Å². The number of rotatable bonds is 7. The lowest BCUT2D eigenvalue weighted by atomic mass is 10.3. The van der Waals surface area contributed by atoms with E-state index in [1.807, 2.05) is 0 Å². The van der Waals surface area contributed by atoms with Gasteiger partial charge in [-0.15, -0.1) is 0 Å². The minimum Gasteiger partial charge on any atom is -0.341 e. The molecule has 0 amide bonds. The number of unbranched alkanes of at least 4 members (excludes halogenated alkanes) is 2. The molecule has 1 fully saturated rings. The van der Waals surface area contributed by atoms with Crippen molar-refractivity contribution in [2.75, 3.05) is 29.2 Å². The molecule has 106 valence electrons. The minimum atomic E-state index is 0.454. The summed E-state index contributed by atoms with van der Waals surface area (Å²) in [6.45, 7) is 4.25. The Bertz CT molecular complexity index is 394. The van der Waals surface area contributed by atoms with Crippen LogP contribution in [0.5, 0.6) is 0 Å². The van der Waals surface area contributed by atoms with Gasteiger partial charge in [-0.2, -0.15) is 15.0 Å². The molecule has 6 nitrogen and oxygen atoms in total. The van der Waals surface area contributed by atoms with Gasteiger partial charge in [-0.1, -0.05) is 31.5 Å².